The van der Waals surface area contributed by atoms with Crippen molar-refractivity contribution in [3.63, 3.8) is 0 Å². The average molecular weight is 336 g/mol. The molecule has 10 heteroatoms. The fourth-order valence-electron chi connectivity index (χ4n) is 1.65. The lowest BCUT2D eigenvalue weighted by Gasteiger charge is -2.31. The smallest absolute Gasteiger partial charge is 0.437 e. The van der Waals surface area contributed by atoms with Gasteiger partial charge in [-0.1, -0.05) is 6.92 Å². The number of halogens is 6. The predicted molar refractivity (Wildman–Crippen MR) is 59.5 cm³/mol. The van der Waals surface area contributed by atoms with Gasteiger partial charge in [-0.05, 0) is 20.3 Å². The van der Waals surface area contributed by atoms with Gasteiger partial charge in [0.15, 0.2) is 0 Å². The second kappa shape index (κ2) is 5.31. The van der Waals surface area contributed by atoms with Gasteiger partial charge in [-0.3, -0.25) is 4.79 Å². The highest BCUT2D eigenvalue weighted by Crippen LogP contribution is 2.52. The molecule has 22 heavy (non-hydrogen) atoms. The van der Waals surface area contributed by atoms with Crippen molar-refractivity contribution in [2.75, 3.05) is 0 Å². The van der Waals surface area contributed by atoms with Gasteiger partial charge >= 0.3 is 29.9 Å². The third kappa shape index (κ3) is 3.00. The summed E-state index contributed by atoms with van der Waals surface area (Å²) in [6.07, 6.45) is -15.6. The van der Waals surface area contributed by atoms with Crippen LogP contribution in [0.4, 0.5) is 26.3 Å². The lowest BCUT2D eigenvalue weighted by molar-refractivity contribution is -0.361. The highest BCUT2D eigenvalue weighted by Gasteiger charge is 2.78. The molecule has 1 rings (SSSR count). The van der Waals surface area contributed by atoms with Crippen molar-refractivity contribution < 1.29 is 45.4 Å². The number of ether oxygens (including phenoxy) is 2. The predicted octanol–water partition coefficient (Wildman–Crippen LogP) is 3.14. The van der Waals surface area contributed by atoms with E-state index in [1.54, 1.807) is 6.92 Å². The van der Waals surface area contributed by atoms with Gasteiger partial charge in [0.05, 0.1) is 11.8 Å². The SMILES string of the molecule is CCC(C)(C)C(=O)OC1CC(C(F)(F)F)(C(F)(F)F)OC1=O. The molecule has 0 spiro atoms. The molecule has 0 aromatic rings. The van der Waals surface area contributed by atoms with Crippen LogP contribution in [0, 0.1) is 5.41 Å². The summed E-state index contributed by atoms with van der Waals surface area (Å²) in [4.78, 5) is 23.0. The molecule has 0 N–H and O–H groups in total. The number of hydrogen-bond acceptors (Lipinski definition) is 4. The number of cyclic esters (lactones) is 1. The molecule has 0 bridgehead atoms. The molecule has 0 aromatic heterocycles. The van der Waals surface area contributed by atoms with Gasteiger partial charge in [0.1, 0.15) is 0 Å². The van der Waals surface area contributed by atoms with E-state index in [2.05, 4.69) is 9.47 Å². The van der Waals surface area contributed by atoms with Gasteiger partial charge in [0.2, 0.25) is 6.10 Å². The maximum absolute atomic E-state index is 12.8. The van der Waals surface area contributed by atoms with Crippen molar-refractivity contribution in [3.8, 4) is 0 Å². The van der Waals surface area contributed by atoms with Crippen LogP contribution < -0.4 is 0 Å². The maximum Gasteiger partial charge on any atom is 0.437 e. The summed E-state index contributed by atoms with van der Waals surface area (Å²) in [5.74, 6) is -2.94. The van der Waals surface area contributed by atoms with E-state index in [9.17, 15) is 35.9 Å². The molecule has 4 nitrogen and oxygen atoms in total. The molecule has 1 aliphatic rings. The first-order valence-electron chi connectivity index (χ1n) is 6.25. The third-order valence-electron chi connectivity index (χ3n) is 3.61. The zero-order valence-electron chi connectivity index (χ0n) is 11.9. The molecular formula is C12H14F6O4. The molecule has 1 aliphatic heterocycles. The summed E-state index contributed by atoms with van der Waals surface area (Å²) in [5.41, 5.74) is -5.81. The van der Waals surface area contributed by atoms with Gasteiger partial charge in [0, 0.05) is 0 Å². The Bertz CT molecular complexity index is 451. The molecule has 0 saturated carbocycles. The molecule has 1 heterocycles. The summed E-state index contributed by atoms with van der Waals surface area (Å²) in [6, 6.07) is 0. The van der Waals surface area contributed by atoms with Crippen molar-refractivity contribution in [2.24, 2.45) is 5.41 Å². The maximum atomic E-state index is 12.8. The molecule has 1 fully saturated rings. The van der Waals surface area contributed by atoms with Crippen molar-refractivity contribution in [1.29, 1.82) is 0 Å². The monoisotopic (exact) mass is 336 g/mol. The van der Waals surface area contributed by atoms with Crippen LogP contribution >= 0.6 is 0 Å². The van der Waals surface area contributed by atoms with Crippen LogP contribution in [0.5, 0.6) is 0 Å². The van der Waals surface area contributed by atoms with E-state index in [1.165, 1.54) is 13.8 Å². The molecule has 1 saturated heterocycles. The second-order valence-corrected chi connectivity index (χ2v) is 5.58. The Balaban J connectivity index is 3.06. The van der Waals surface area contributed by atoms with Crippen molar-refractivity contribution in [1.82, 2.24) is 0 Å². The van der Waals surface area contributed by atoms with E-state index in [0.717, 1.165) is 0 Å². The summed E-state index contributed by atoms with van der Waals surface area (Å²) in [6.45, 7) is 4.34. The molecule has 0 aromatic carbocycles. The van der Waals surface area contributed by atoms with Crippen LogP contribution in [0.15, 0.2) is 0 Å². The van der Waals surface area contributed by atoms with E-state index < -0.39 is 47.8 Å². The number of esters is 2. The number of rotatable bonds is 3. The van der Waals surface area contributed by atoms with Crippen LogP contribution in [-0.2, 0) is 19.1 Å². The number of carbonyl (C=O) groups is 2. The van der Waals surface area contributed by atoms with Crippen molar-refractivity contribution in [3.05, 3.63) is 0 Å². The van der Waals surface area contributed by atoms with E-state index in [0.29, 0.717) is 0 Å². The molecule has 0 aliphatic carbocycles. The van der Waals surface area contributed by atoms with Crippen LogP contribution in [0.2, 0.25) is 0 Å². The first-order chi connectivity index (χ1) is 9.68. The normalized spacial score (nSPS) is 22.4. The van der Waals surface area contributed by atoms with Crippen LogP contribution in [-0.4, -0.2) is 36.0 Å². The molecular weight excluding hydrogens is 322 g/mol. The standard InChI is InChI=1S/C12H14F6O4/c1-4-9(2,3)8(20)21-6-5-10(11(13,14)15,12(16,17)18)22-7(6)19/h6H,4-5H2,1-3H3. The van der Waals surface area contributed by atoms with Crippen molar-refractivity contribution >= 4 is 11.9 Å². The molecule has 0 radical (unpaired) electrons. The summed E-state index contributed by atoms with van der Waals surface area (Å²) in [7, 11) is 0. The van der Waals surface area contributed by atoms with Crippen LogP contribution in [0.1, 0.15) is 33.6 Å². The van der Waals surface area contributed by atoms with Crippen LogP contribution in [0.25, 0.3) is 0 Å². The lowest BCUT2D eigenvalue weighted by Crippen LogP contribution is -2.56. The fourth-order valence-corrected chi connectivity index (χ4v) is 1.65. The second-order valence-electron chi connectivity index (χ2n) is 5.58. The Labute approximate surface area is 121 Å². The number of hydrogen-bond donors (Lipinski definition) is 0. The molecule has 128 valence electrons. The lowest BCUT2D eigenvalue weighted by atomic mass is 9.90. The van der Waals surface area contributed by atoms with E-state index in [-0.39, 0.29) is 6.42 Å². The van der Waals surface area contributed by atoms with Crippen molar-refractivity contribution in [2.45, 2.75) is 57.7 Å². The zero-order valence-corrected chi connectivity index (χ0v) is 11.9. The number of carbonyl (C=O) groups excluding carboxylic acids is 2. The van der Waals surface area contributed by atoms with E-state index in [1.807, 2.05) is 0 Å². The Morgan fingerprint density at radius 1 is 1.23 bits per heavy atom. The fraction of sp³-hybridized carbons (Fsp3) is 0.833. The first-order valence-corrected chi connectivity index (χ1v) is 6.25. The quantitative estimate of drug-likeness (QED) is 0.587. The summed E-state index contributed by atoms with van der Waals surface area (Å²) in [5, 5.41) is 0. The highest BCUT2D eigenvalue weighted by atomic mass is 19.4. The van der Waals surface area contributed by atoms with Crippen LogP contribution in [0.3, 0.4) is 0 Å². The minimum absolute atomic E-state index is 0.220. The van der Waals surface area contributed by atoms with Gasteiger partial charge in [-0.2, -0.15) is 26.3 Å². The zero-order chi connectivity index (χ0) is 17.6. The minimum atomic E-state index is -5.87. The Morgan fingerprint density at radius 2 is 1.68 bits per heavy atom. The minimum Gasteiger partial charge on any atom is -0.450 e. The number of alkyl halides is 6. The summed E-state index contributed by atoms with van der Waals surface area (Å²) < 4.78 is 84.6. The largest absolute Gasteiger partial charge is 0.450 e. The molecule has 1 unspecified atom stereocenters. The van der Waals surface area contributed by atoms with Gasteiger partial charge in [-0.25, -0.2) is 4.79 Å². The first kappa shape index (κ1) is 18.6. The summed E-state index contributed by atoms with van der Waals surface area (Å²) >= 11 is 0. The van der Waals surface area contributed by atoms with Gasteiger partial charge < -0.3 is 9.47 Å². The Hall–Kier alpha value is -1.48. The van der Waals surface area contributed by atoms with Gasteiger partial charge in [0.25, 0.3) is 0 Å². The van der Waals surface area contributed by atoms with E-state index >= 15 is 0 Å². The molecule has 0 amide bonds. The topological polar surface area (TPSA) is 52.6 Å². The Morgan fingerprint density at radius 3 is 2.00 bits per heavy atom. The van der Waals surface area contributed by atoms with Gasteiger partial charge in [-0.15, -0.1) is 0 Å². The Kier molecular flexibility index (Phi) is 4.48. The third-order valence-corrected chi connectivity index (χ3v) is 3.61. The highest BCUT2D eigenvalue weighted by molar-refractivity contribution is 5.83. The molecule has 1 atom stereocenters. The van der Waals surface area contributed by atoms with E-state index in [4.69, 9.17) is 0 Å². The average Bonchev–Trinajstić information content (AvgIpc) is 2.67.